The van der Waals surface area contributed by atoms with Gasteiger partial charge in [-0.1, -0.05) is 77.6 Å². The molecule has 4 heteroatoms. The molecule has 4 nitrogen and oxygen atoms in total. The fourth-order valence-electron chi connectivity index (χ4n) is 5.21. The number of carbonyl (C=O) groups excluding carboxylic acids is 1. The zero-order valence-electron chi connectivity index (χ0n) is 18.9. The van der Waals surface area contributed by atoms with Gasteiger partial charge < -0.3 is 14.6 Å². The molecule has 3 aliphatic rings. The Bertz CT molecular complexity index is 580. The molecule has 2 saturated heterocycles. The van der Waals surface area contributed by atoms with Crippen molar-refractivity contribution in [2.45, 2.75) is 133 Å². The number of unbranched alkanes of at least 4 members (excludes halogenated alkanes) is 10. The second-order valence-corrected chi connectivity index (χ2v) is 9.69. The third-order valence-electron chi connectivity index (χ3n) is 6.92. The third-order valence-corrected chi connectivity index (χ3v) is 6.92. The molecule has 0 aromatic carbocycles. The van der Waals surface area contributed by atoms with Crippen LogP contribution in [-0.4, -0.2) is 34.5 Å². The molecule has 0 aromatic heterocycles. The van der Waals surface area contributed by atoms with Gasteiger partial charge in [0.2, 0.25) is 0 Å². The number of hydrogen-bond donors (Lipinski definition) is 1. The van der Waals surface area contributed by atoms with Gasteiger partial charge in [-0.15, -0.1) is 0 Å². The molecule has 0 aromatic rings. The highest BCUT2D eigenvalue weighted by Gasteiger charge is 2.52. The molecular weight excluding hydrogens is 376 g/mol. The second-order valence-electron chi connectivity index (χ2n) is 9.69. The van der Waals surface area contributed by atoms with Gasteiger partial charge in [-0.3, -0.25) is 4.79 Å². The highest BCUT2D eigenvalue weighted by molar-refractivity contribution is 6.00. The standard InChI is InChI=1S/C26H42O4/c1-2-3-4-5-6-7-8-9-10-11-12-13-24-20-23(28)21-26(29-24)19-18-25(30-26)16-14-22(27)15-17-25/h14-17,23-24,28H,2-13,18-21H2,1H3/t23-,24-,26+/m1/s1. The maximum Gasteiger partial charge on any atom is 0.178 e. The van der Waals surface area contributed by atoms with Gasteiger partial charge in [-0.2, -0.15) is 0 Å². The summed E-state index contributed by atoms with van der Waals surface area (Å²) in [6.07, 6.45) is 25.1. The monoisotopic (exact) mass is 418 g/mol. The average Bonchev–Trinajstić information content (AvgIpc) is 3.05. The highest BCUT2D eigenvalue weighted by atomic mass is 16.7. The summed E-state index contributed by atoms with van der Waals surface area (Å²) in [6, 6.07) is 0. The van der Waals surface area contributed by atoms with E-state index in [0.717, 1.165) is 25.7 Å². The lowest BCUT2D eigenvalue weighted by molar-refractivity contribution is -0.292. The van der Waals surface area contributed by atoms with Crippen LogP contribution in [0.3, 0.4) is 0 Å². The first-order valence-electron chi connectivity index (χ1n) is 12.5. The van der Waals surface area contributed by atoms with Crippen molar-refractivity contribution in [3.8, 4) is 0 Å². The van der Waals surface area contributed by atoms with Crippen LogP contribution in [0.4, 0.5) is 0 Å². The lowest BCUT2D eigenvalue weighted by atomic mass is 9.91. The van der Waals surface area contributed by atoms with Crippen molar-refractivity contribution in [3.63, 3.8) is 0 Å². The van der Waals surface area contributed by atoms with Gasteiger partial charge in [0.15, 0.2) is 11.6 Å². The summed E-state index contributed by atoms with van der Waals surface area (Å²) in [5.74, 6) is -0.695. The molecule has 0 amide bonds. The number of hydrogen-bond acceptors (Lipinski definition) is 4. The minimum absolute atomic E-state index is 0.00384. The molecule has 0 saturated carbocycles. The van der Waals surface area contributed by atoms with Crippen molar-refractivity contribution in [1.82, 2.24) is 0 Å². The molecule has 0 unspecified atom stereocenters. The molecule has 1 N–H and O–H groups in total. The van der Waals surface area contributed by atoms with Gasteiger partial charge >= 0.3 is 0 Å². The van der Waals surface area contributed by atoms with E-state index < -0.39 is 11.4 Å². The Balaban J connectivity index is 1.31. The molecule has 3 rings (SSSR count). The largest absolute Gasteiger partial charge is 0.393 e. The number of rotatable bonds is 12. The van der Waals surface area contributed by atoms with E-state index in [1.54, 1.807) is 12.2 Å². The second kappa shape index (κ2) is 11.6. The molecule has 1 aliphatic carbocycles. The van der Waals surface area contributed by atoms with Crippen LogP contribution in [-0.2, 0) is 14.3 Å². The number of aliphatic hydroxyl groups is 1. The van der Waals surface area contributed by atoms with Crippen LogP contribution in [0.1, 0.15) is 110 Å². The Labute approximate surface area is 183 Å². The van der Waals surface area contributed by atoms with Crippen LogP contribution >= 0.6 is 0 Å². The quantitative estimate of drug-likeness (QED) is 0.385. The molecule has 2 spiro atoms. The number of carbonyl (C=O) groups is 1. The Kier molecular flexibility index (Phi) is 9.15. The molecule has 170 valence electrons. The molecule has 0 radical (unpaired) electrons. The van der Waals surface area contributed by atoms with Crippen molar-refractivity contribution >= 4 is 5.78 Å². The summed E-state index contributed by atoms with van der Waals surface area (Å²) in [5, 5.41) is 10.5. The van der Waals surface area contributed by atoms with Crippen LogP contribution in [0.15, 0.2) is 24.3 Å². The van der Waals surface area contributed by atoms with Crippen molar-refractivity contribution in [3.05, 3.63) is 24.3 Å². The fraction of sp³-hybridized carbons (Fsp3) is 0.808. The van der Waals surface area contributed by atoms with Crippen LogP contribution < -0.4 is 0 Å². The van der Waals surface area contributed by atoms with Crippen molar-refractivity contribution in [2.24, 2.45) is 0 Å². The molecule has 2 fully saturated rings. The molecular formula is C26H42O4. The lowest BCUT2D eigenvalue weighted by Crippen LogP contribution is -2.47. The highest BCUT2D eigenvalue weighted by Crippen LogP contribution is 2.47. The first-order valence-corrected chi connectivity index (χ1v) is 12.5. The van der Waals surface area contributed by atoms with Crippen LogP contribution in [0.5, 0.6) is 0 Å². The van der Waals surface area contributed by atoms with E-state index in [0.29, 0.717) is 12.8 Å². The Hall–Kier alpha value is -0.970. The summed E-state index contributed by atoms with van der Waals surface area (Å²) in [4.78, 5) is 11.5. The van der Waals surface area contributed by atoms with E-state index in [1.165, 1.54) is 64.2 Å². The number of allylic oxidation sites excluding steroid dienone is 2. The van der Waals surface area contributed by atoms with E-state index in [2.05, 4.69) is 6.92 Å². The molecule has 3 atom stereocenters. The van der Waals surface area contributed by atoms with E-state index in [-0.39, 0.29) is 18.0 Å². The number of ether oxygens (including phenoxy) is 2. The maximum absolute atomic E-state index is 11.5. The topological polar surface area (TPSA) is 55.8 Å². The number of aliphatic hydroxyl groups excluding tert-OH is 1. The average molecular weight is 419 g/mol. The lowest BCUT2D eigenvalue weighted by Gasteiger charge is -2.42. The van der Waals surface area contributed by atoms with E-state index in [1.807, 2.05) is 12.2 Å². The molecule has 2 heterocycles. The predicted octanol–water partition coefficient (Wildman–Crippen LogP) is 6.17. The smallest absolute Gasteiger partial charge is 0.178 e. The molecule has 2 aliphatic heterocycles. The van der Waals surface area contributed by atoms with Gasteiger partial charge in [-0.05, 0) is 43.6 Å². The first kappa shape index (κ1) is 23.7. The summed E-state index contributed by atoms with van der Waals surface area (Å²) < 4.78 is 12.8. The third kappa shape index (κ3) is 7.03. The Morgan fingerprint density at radius 3 is 2.17 bits per heavy atom. The van der Waals surface area contributed by atoms with Gasteiger partial charge in [0.25, 0.3) is 0 Å². The maximum atomic E-state index is 11.5. The summed E-state index contributed by atoms with van der Waals surface area (Å²) in [5.41, 5.74) is -0.536. The summed E-state index contributed by atoms with van der Waals surface area (Å²) in [7, 11) is 0. The van der Waals surface area contributed by atoms with Crippen molar-refractivity contribution < 1.29 is 19.4 Å². The van der Waals surface area contributed by atoms with E-state index >= 15 is 0 Å². The summed E-state index contributed by atoms with van der Waals surface area (Å²) >= 11 is 0. The SMILES string of the molecule is CCCCCCCCCCCCC[C@@H]1C[C@@H](O)C[C@@]2(CCC3(C=CC(=O)C=C3)O2)O1. The van der Waals surface area contributed by atoms with Crippen LogP contribution in [0, 0.1) is 0 Å². The van der Waals surface area contributed by atoms with Crippen LogP contribution in [0.2, 0.25) is 0 Å². The normalized spacial score (nSPS) is 30.0. The minimum atomic E-state index is -0.699. The number of ketones is 1. The van der Waals surface area contributed by atoms with Crippen molar-refractivity contribution in [2.75, 3.05) is 0 Å². The van der Waals surface area contributed by atoms with Crippen molar-refractivity contribution in [1.29, 1.82) is 0 Å². The summed E-state index contributed by atoms with van der Waals surface area (Å²) in [6.45, 7) is 2.27. The van der Waals surface area contributed by atoms with Gasteiger partial charge in [0.05, 0.1) is 12.2 Å². The first-order chi connectivity index (χ1) is 14.5. The van der Waals surface area contributed by atoms with E-state index in [9.17, 15) is 9.90 Å². The molecule has 30 heavy (non-hydrogen) atoms. The zero-order valence-corrected chi connectivity index (χ0v) is 18.9. The van der Waals surface area contributed by atoms with Gasteiger partial charge in [0, 0.05) is 12.8 Å². The fourth-order valence-corrected chi connectivity index (χ4v) is 5.21. The van der Waals surface area contributed by atoms with Gasteiger partial charge in [-0.25, -0.2) is 0 Å². The zero-order chi connectivity index (χ0) is 21.3. The van der Waals surface area contributed by atoms with E-state index in [4.69, 9.17) is 9.47 Å². The predicted molar refractivity (Wildman–Crippen MR) is 120 cm³/mol. The molecule has 0 bridgehead atoms. The Morgan fingerprint density at radius 2 is 1.53 bits per heavy atom. The van der Waals surface area contributed by atoms with Crippen LogP contribution in [0.25, 0.3) is 0 Å². The van der Waals surface area contributed by atoms with Gasteiger partial charge in [0.1, 0.15) is 5.60 Å². The minimum Gasteiger partial charge on any atom is -0.393 e. The Morgan fingerprint density at radius 1 is 0.933 bits per heavy atom.